The molecule has 0 fully saturated rings. The molecule has 0 aliphatic heterocycles. The van der Waals surface area contributed by atoms with Crippen LogP contribution in [0.2, 0.25) is 0 Å². The minimum absolute atomic E-state index is 0.00182. The molecule has 0 bridgehead atoms. The van der Waals surface area contributed by atoms with Gasteiger partial charge < -0.3 is 5.11 Å². The van der Waals surface area contributed by atoms with Crippen LogP contribution in [0.4, 0.5) is 0 Å². The normalized spacial score (nSPS) is 16.4. The predicted octanol–water partition coefficient (Wildman–Crippen LogP) is 6.53. The van der Waals surface area contributed by atoms with Crippen LogP contribution in [0.5, 0.6) is 5.75 Å². The number of thioether (sulfide) groups is 1. The van der Waals surface area contributed by atoms with Crippen molar-refractivity contribution in [2.45, 2.75) is 65.2 Å². The minimum Gasteiger partial charge on any atom is -0.507 e. The molecule has 0 amide bonds. The van der Waals surface area contributed by atoms with E-state index in [1.807, 2.05) is 0 Å². The van der Waals surface area contributed by atoms with Gasteiger partial charge in [0.05, 0.1) is 11.1 Å². The zero-order valence-electron chi connectivity index (χ0n) is 17.1. The van der Waals surface area contributed by atoms with Gasteiger partial charge in [0.15, 0.2) is 0 Å². The zero-order chi connectivity index (χ0) is 19.7. The van der Waals surface area contributed by atoms with Gasteiger partial charge in [-0.05, 0) is 47.6 Å². The van der Waals surface area contributed by atoms with E-state index in [2.05, 4.69) is 81.3 Å². The summed E-state index contributed by atoms with van der Waals surface area (Å²) in [5.41, 5.74) is 4.64. The lowest BCUT2D eigenvalue weighted by atomic mass is 9.79. The van der Waals surface area contributed by atoms with Crippen LogP contribution in [0.15, 0.2) is 39.9 Å². The summed E-state index contributed by atoms with van der Waals surface area (Å²) >= 11 is 1.76. The van der Waals surface area contributed by atoms with Crippen molar-refractivity contribution < 1.29 is 5.11 Å². The quantitative estimate of drug-likeness (QED) is 0.471. The topological polar surface area (TPSA) is 32.6 Å². The molecule has 1 aromatic rings. The van der Waals surface area contributed by atoms with Crippen LogP contribution in [0.1, 0.15) is 71.1 Å². The number of rotatable bonds is 3. The van der Waals surface area contributed by atoms with E-state index in [0.29, 0.717) is 5.75 Å². The molecule has 0 heterocycles. The monoisotopic (exact) mass is 389 g/mol. The van der Waals surface area contributed by atoms with Gasteiger partial charge in [-0.1, -0.05) is 62.9 Å². The second kappa shape index (κ2) is 7.90. The number of benzene rings is 1. The number of aromatic hydroxyl groups is 1. The molecule has 2 rings (SSSR count). The van der Waals surface area contributed by atoms with Crippen LogP contribution in [-0.4, -0.2) is 16.8 Å². The minimum atomic E-state index is -0.139. The van der Waals surface area contributed by atoms with E-state index in [-0.39, 0.29) is 10.8 Å². The summed E-state index contributed by atoms with van der Waals surface area (Å²) in [4.78, 5) is 6.16. The van der Waals surface area contributed by atoms with Crippen molar-refractivity contribution in [2.24, 2.45) is 4.99 Å². The van der Waals surface area contributed by atoms with Crippen LogP contribution < -0.4 is 0 Å². The highest BCUT2D eigenvalue weighted by atomic mass is 32.2. The van der Waals surface area contributed by atoms with Gasteiger partial charge in [-0.3, -0.25) is 0 Å². The average Bonchev–Trinajstić information content (AvgIpc) is 2.53. The van der Waals surface area contributed by atoms with Gasteiger partial charge in [0.2, 0.25) is 0 Å². The third kappa shape index (κ3) is 4.81. The molecular weight excluding hydrogens is 357 g/mol. The third-order valence-corrected chi connectivity index (χ3v) is 5.99. The molecule has 4 heteroatoms. The molecule has 0 saturated heterocycles. The molecule has 1 N–H and O–H groups in total. The first kappa shape index (κ1) is 21.3. The van der Waals surface area contributed by atoms with Crippen molar-refractivity contribution in [2.75, 3.05) is 6.26 Å². The fourth-order valence-corrected chi connectivity index (χ4v) is 3.97. The molecule has 1 aliphatic carbocycles. The number of phenols is 1. The van der Waals surface area contributed by atoms with E-state index in [4.69, 9.17) is 4.99 Å². The number of nitrogens with zero attached hydrogens (tertiary/aromatic N) is 1. The zero-order valence-corrected chi connectivity index (χ0v) is 19.1. The first-order valence-corrected chi connectivity index (χ1v) is 10.9. The van der Waals surface area contributed by atoms with Crippen LogP contribution >= 0.6 is 21.0 Å². The van der Waals surface area contributed by atoms with Crippen molar-refractivity contribution in [3.05, 3.63) is 51.6 Å². The molecule has 0 spiro atoms. The van der Waals surface area contributed by atoms with Gasteiger partial charge in [0, 0.05) is 16.0 Å². The van der Waals surface area contributed by atoms with Crippen molar-refractivity contribution >= 4 is 26.5 Å². The highest BCUT2D eigenvalue weighted by Crippen LogP contribution is 2.39. The smallest absolute Gasteiger partial charge is 0.128 e. The van der Waals surface area contributed by atoms with E-state index in [0.717, 1.165) is 35.1 Å². The summed E-state index contributed by atoms with van der Waals surface area (Å²) in [5.74, 6) is 0.338. The second-order valence-corrected chi connectivity index (χ2v) is 10.3. The van der Waals surface area contributed by atoms with E-state index in [1.54, 1.807) is 11.8 Å². The molecule has 1 unspecified atom stereocenters. The largest absolute Gasteiger partial charge is 0.507 e. The maximum Gasteiger partial charge on any atom is 0.128 e. The lowest BCUT2D eigenvalue weighted by molar-refractivity contribution is 0.444. The van der Waals surface area contributed by atoms with Crippen molar-refractivity contribution in [3.8, 4) is 5.75 Å². The highest BCUT2D eigenvalue weighted by Gasteiger charge is 2.25. The van der Waals surface area contributed by atoms with Gasteiger partial charge in [-0.25, -0.2) is 4.99 Å². The Kier molecular flexibility index (Phi) is 6.46. The van der Waals surface area contributed by atoms with Gasteiger partial charge in [-0.15, -0.1) is 11.8 Å². The Hall–Kier alpha value is -1.05. The molecule has 0 aromatic heterocycles. The fraction of sp³-hybridized carbons (Fsp3) is 0.500. The molecule has 1 aliphatic rings. The van der Waals surface area contributed by atoms with Gasteiger partial charge >= 0.3 is 0 Å². The Morgan fingerprint density at radius 1 is 1.12 bits per heavy atom. The van der Waals surface area contributed by atoms with E-state index < -0.39 is 0 Å². The summed E-state index contributed by atoms with van der Waals surface area (Å²) < 4.78 is 0. The molecule has 1 aromatic carbocycles. The molecule has 0 saturated carbocycles. The first-order valence-electron chi connectivity index (χ1n) is 9.11. The first-order chi connectivity index (χ1) is 11.9. The van der Waals surface area contributed by atoms with E-state index >= 15 is 0 Å². The Balaban J connectivity index is 2.66. The molecule has 0 radical (unpaired) electrons. The maximum atomic E-state index is 11.0. The Morgan fingerprint density at radius 3 is 2.31 bits per heavy atom. The van der Waals surface area contributed by atoms with Crippen LogP contribution in [0.3, 0.4) is 0 Å². The van der Waals surface area contributed by atoms with E-state index in [1.165, 1.54) is 10.5 Å². The second-order valence-electron chi connectivity index (χ2n) is 8.87. The third-order valence-electron chi connectivity index (χ3n) is 4.65. The number of allylic oxidation sites excluding steroid dienone is 3. The molecule has 26 heavy (non-hydrogen) atoms. The molecule has 142 valence electrons. The number of aliphatic imine (C=N–C) groups is 1. The fourth-order valence-electron chi connectivity index (χ4n) is 2.96. The number of phenolic OH excluding ortho intramolecular Hbond substituents is 1. The van der Waals surface area contributed by atoms with Crippen LogP contribution in [-0.2, 0) is 10.8 Å². The van der Waals surface area contributed by atoms with Crippen molar-refractivity contribution in [3.63, 3.8) is 0 Å². The standard InChI is InChI=1S/C22H32NOPS/c1-21(2,3)14-12-15(19(24)16(13-14)22(4,5)6)20(25)23-17-10-8-9-11-18(17)26-7/h8,10,12-13,24H,9,11,25H2,1-7H3. The Labute approximate surface area is 165 Å². The van der Waals surface area contributed by atoms with Gasteiger partial charge in [0.1, 0.15) is 5.75 Å². The van der Waals surface area contributed by atoms with Gasteiger partial charge in [-0.2, -0.15) is 0 Å². The van der Waals surface area contributed by atoms with Gasteiger partial charge in [0.25, 0.3) is 0 Å². The Bertz CT molecular complexity index is 777. The molecule has 1 atom stereocenters. The van der Waals surface area contributed by atoms with Crippen molar-refractivity contribution in [1.29, 1.82) is 0 Å². The lowest BCUT2D eigenvalue weighted by Gasteiger charge is -2.27. The van der Waals surface area contributed by atoms with Crippen molar-refractivity contribution in [1.82, 2.24) is 0 Å². The Morgan fingerprint density at radius 2 is 1.77 bits per heavy atom. The molecule has 2 nitrogen and oxygen atoms in total. The van der Waals surface area contributed by atoms with E-state index in [9.17, 15) is 5.11 Å². The summed E-state index contributed by atoms with van der Waals surface area (Å²) in [6.45, 7) is 13.0. The summed E-state index contributed by atoms with van der Waals surface area (Å²) in [6, 6.07) is 4.23. The summed E-state index contributed by atoms with van der Waals surface area (Å²) in [7, 11) is 2.73. The predicted molar refractivity (Wildman–Crippen MR) is 121 cm³/mol. The number of hydrogen-bond donors (Lipinski definition) is 1. The average molecular weight is 390 g/mol. The lowest BCUT2D eigenvalue weighted by Crippen LogP contribution is -2.18. The summed E-state index contributed by atoms with van der Waals surface area (Å²) in [6.07, 6.45) is 8.47. The highest BCUT2D eigenvalue weighted by molar-refractivity contribution is 8.02. The molecular formula is C22H32NOPS. The SMILES string of the molecule is CSC1=C(N=C(P)c2cc(C(C)(C)C)cc(C(C)(C)C)c2O)C=CCC1. The maximum absolute atomic E-state index is 11.0. The van der Waals surface area contributed by atoms with Crippen LogP contribution in [0, 0.1) is 0 Å². The van der Waals surface area contributed by atoms with Crippen LogP contribution in [0.25, 0.3) is 0 Å². The summed E-state index contributed by atoms with van der Waals surface area (Å²) in [5, 5.41) is 11.0. The number of hydrogen-bond acceptors (Lipinski definition) is 3.